The average Bonchev–Trinajstić information content (AvgIpc) is 3.04. The van der Waals surface area contributed by atoms with Crippen LogP contribution in [0.4, 0.5) is 5.69 Å². The molecule has 0 saturated carbocycles. The molecule has 1 aliphatic carbocycles. The third-order valence-electron chi connectivity index (χ3n) is 4.99. The van der Waals surface area contributed by atoms with Crippen LogP contribution in [-0.2, 0) is 22.4 Å². The molecule has 2 aromatic heterocycles. The lowest BCUT2D eigenvalue weighted by Gasteiger charge is -2.23. The van der Waals surface area contributed by atoms with Crippen LogP contribution in [0.3, 0.4) is 0 Å². The molecule has 2 amide bonds. The summed E-state index contributed by atoms with van der Waals surface area (Å²) in [6, 6.07) is 7.93. The summed E-state index contributed by atoms with van der Waals surface area (Å²) < 4.78 is 3.05. The molecule has 6 nitrogen and oxygen atoms in total. The standard InChI is InChI=1S/C20H19BrN4O2S/c1-11(26)24(2)15-6-5-14-13(19(15)21)4-7-16-20(14)23-18-8-3-12(9-25(16)18)28-10-17(22)27/h3,5-6,8-9H,4,7,10H2,1-2H3,(H2,22,27). The van der Waals surface area contributed by atoms with Gasteiger partial charge in [-0.3, -0.25) is 9.59 Å². The Morgan fingerprint density at radius 3 is 2.79 bits per heavy atom. The number of primary amides is 1. The minimum absolute atomic E-state index is 0.00845. The highest BCUT2D eigenvalue weighted by molar-refractivity contribution is 9.10. The van der Waals surface area contributed by atoms with Crippen molar-refractivity contribution in [1.29, 1.82) is 0 Å². The summed E-state index contributed by atoms with van der Waals surface area (Å²) in [7, 11) is 1.78. The quantitative estimate of drug-likeness (QED) is 0.607. The van der Waals surface area contributed by atoms with Gasteiger partial charge in [0.15, 0.2) is 0 Å². The Morgan fingerprint density at radius 1 is 1.29 bits per heavy atom. The molecule has 0 bridgehead atoms. The van der Waals surface area contributed by atoms with Crippen LogP contribution < -0.4 is 10.6 Å². The molecule has 1 aromatic carbocycles. The van der Waals surface area contributed by atoms with Crippen molar-refractivity contribution in [2.75, 3.05) is 17.7 Å². The van der Waals surface area contributed by atoms with Gasteiger partial charge in [0, 0.05) is 35.1 Å². The molecular weight excluding hydrogens is 440 g/mol. The monoisotopic (exact) mass is 458 g/mol. The SMILES string of the molecule is CC(=O)N(C)c1ccc2c(c1Br)CCc1c-2nc2ccc(SCC(N)=O)cn12. The van der Waals surface area contributed by atoms with Gasteiger partial charge in [-0.1, -0.05) is 6.07 Å². The van der Waals surface area contributed by atoms with Gasteiger partial charge in [0.2, 0.25) is 11.8 Å². The normalized spacial score (nSPS) is 12.5. The molecule has 2 N–H and O–H groups in total. The van der Waals surface area contributed by atoms with Crippen molar-refractivity contribution in [3.63, 3.8) is 0 Å². The Balaban J connectivity index is 1.79. The number of imidazole rings is 1. The summed E-state index contributed by atoms with van der Waals surface area (Å²) in [6.45, 7) is 1.56. The zero-order valence-electron chi connectivity index (χ0n) is 15.5. The van der Waals surface area contributed by atoms with Crippen molar-refractivity contribution in [2.45, 2.75) is 24.7 Å². The van der Waals surface area contributed by atoms with Crippen molar-refractivity contribution in [3.05, 3.63) is 46.2 Å². The molecule has 0 unspecified atom stereocenters. The van der Waals surface area contributed by atoms with Crippen molar-refractivity contribution < 1.29 is 9.59 Å². The molecule has 28 heavy (non-hydrogen) atoms. The number of fused-ring (bicyclic) bond motifs is 5. The zero-order valence-corrected chi connectivity index (χ0v) is 17.9. The van der Waals surface area contributed by atoms with Crippen LogP contribution in [-0.4, -0.2) is 34.0 Å². The Labute approximate surface area is 175 Å². The lowest BCUT2D eigenvalue weighted by atomic mass is 9.91. The highest BCUT2D eigenvalue weighted by Crippen LogP contribution is 2.41. The van der Waals surface area contributed by atoms with Gasteiger partial charge in [-0.2, -0.15) is 0 Å². The number of carbonyl (C=O) groups excluding carboxylic acids is 2. The maximum atomic E-state index is 11.8. The summed E-state index contributed by atoms with van der Waals surface area (Å²) in [4.78, 5) is 30.3. The largest absolute Gasteiger partial charge is 0.369 e. The van der Waals surface area contributed by atoms with E-state index in [1.807, 2.05) is 30.5 Å². The Hall–Kier alpha value is -2.32. The Bertz CT molecular complexity index is 1130. The number of hydrogen-bond acceptors (Lipinski definition) is 4. The van der Waals surface area contributed by atoms with Gasteiger partial charge in [-0.25, -0.2) is 4.98 Å². The third-order valence-corrected chi connectivity index (χ3v) is 6.88. The summed E-state index contributed by atoms with van der Waals surface area (Å²) >= 11 is 5.13. The summed E-state index contributed by atoms with van der Waals surface area (Å²) in [5, 5.41) is 0. The summed E-state index contributed by atoms with van der Waals surface area (Å²) in [6.07, 6.45) is 3.72. The molecule has 0 spiro atoms. The van der Waals surface area contributed by atoms with Crippen LogP contribution in [0.25, 0.3) is 16.9 Å². The van der Waals surface area contributed by atoms with Crippen molar-refractivity contribution in [1.82, 2.24) is 9.38 Å². The van der Waals surface area contributed by atoms with Crippen molar-refractivity contribution in [2.24, 2.45) is 5.73 Å². The molecule has 2 heterocycles. The molecule has 3 aromatic rings. The molecule has 1 aliphatic rings. The predicted molar refractivity (Wildman–Crippen MR) is 115 cm³/mol. The molecule has 0 aliphatic heterocycles. The molecule has 144 valence electrons. The maximum absolute atomic E-state index is 11.8. The fraction of sp³-hybridized carbons (Fsp3) is 0.250. The number of halogens is 1. The highest BCUT2D eigenvalue weighted by atomic mass is 79.9. The van der Waals surface area contributed by atoms with Gasteiger partial charge in [-0.15, -0.1) is 11.8 Å². The van der Waals surface area contributed by atoms with Gasteiger partial charge in [-0.05, 0) is 52.5 Å². The van der Waals surface area contributed by atoms with E-state index < -0.39 is 0 Å². The predicted octanol–water partition coefficient (Wildman–Crippen LogP) is 3.42. The first-order valence-corrected chi connectivity index (χ1v) is 10.6. The molecule has 4 rings (SSSR count). The Kier molecular flexibility index (Phi) is 4.93. The highest BCUT2D eigenvalue weighted by Gasteiger charge is 2.25. The smallest absolute Gasteiger partial charge is 0.227 e. The lowest BCUT2D eigenvalue weighted by Crippen LogP contribution is -2.23. The van der Waals surface area contributed by atoms with E-state index in [9.17, 15) is 9.59 Å². The molecular formula is C20H19BrN4O2S. The third kappa shape index (κ3) is 3.20. The van der Waals surface area contributed by atoms with Crippen LogP contribution in [0.2, 0.25) is 0 Å². The van der Waals surface area contributed by atoms with Gasteiger partial charge >= 0.3 is 0 Å². The number of thioether (sulfide) groups is 1. The topological polar surface area (TPSA) is 80.7 Å². The van der Waals surface area contributed by atoms with Gasteiger partial charge in [0.05, 0.1) is 22.8 Å². The number of nitrogens with two attached hydrogens (primary N) is 1. The van der Waals surface area contributed by atoms with Crippen LogP contribution in [0.1, 0.15) is 18.2 Å². The molecule has 0 fully saturated rings. The van der Waals surface area contributed by atoms with E-state index in [-0.39, 0.29) is 17.6 Å². The zero-order chi connectivity index (χ0) is 20.0. The first kappa shape index (κ1) is 19.0. The Morgan fingerprint density at radius 2 is 2.07 bits per heavy atom. The number of carbonyl (C=O) groups is 2. The maximum Gasteiger partial charge on any atom is 0.227 e. The number of aromatic nitrogens is 2. The number of rotatable bonds is 4. The number of aryl methyl sites for hydroxylation is 1. The second-order valence-electron chi connectivity index (χ2n) is 6.76. The number of nitrogens with zero attached hydrogens (tertiary/aromatic N) is 3. The minimum atomic E-state index is -0.331. The van der Waals surface area contributed by atoms with Gasteiger partial charge in [0.1, 0.15) is 5.65 Å². The van der Waals surface area contributed by atoms with Crippen LogP contribution >= 0.6 is 27.7 Å². The van der Waals surface area contributed by atoms with E-state index in [0.717, 1.165) is 50.5 Å². The lowest BCUT2D eigenvalue weighted by molar-refractivity contribution is -0.116. The van der Waals surface area contributed by atoms with Crippen molar-refractivity contribution >= 4 is 50.8 Å². The van der Waals surface area contributed by atoms with E-state index in [1.54, 1.807) is 18.9 Å². The average molecular weight is 459 g/mol. The second-order valence-corrected chi connectivity index (χ2v) is 8.60. The molecule has 0 atom stereocenters. The van der Waals surface area contributed by atoms with Gasteiger partial charge < -0.3 is 15.0 Å². The van der Waals surface area contributed by atoms with E-state index in [2.05, 4.69) is 20.3 Å². The van der Waals surface area contributed by atoms with E-state index in [0.29, 0.717) is 0 Å². The van der Waals surface area contributed by atoms with Crippen LogP contribution in [0.5, 0.6) is 0 Å². The minimum Gasteiger partial charge on any atom is -0.369 e. The van der Waals surface area contributed by atoms with Crippen molar-refractivity contribution in [3.8, 4) is 11.3 Å². The summed E-state index contributed by atoms with van der Waals surface area (Å²) in [5.41, 5.74) is 11.4. The van der Waals surface area contributed by atoms with Gasteiger partial charge in [0.25, 0.3) is 0 Å². The first-order valence-electron chi connectivity index (χ1n) is 8.85. The fourth-order valence-corrected chi connectivity index (χ4v) is 4.98. The van der Waals surface area contributed by atoms with E-state index in [4.69, 9.17) is 10.7 Å². The molecule has 0 saturated heterocycles. The number of anilines is 1. The summed E-state index contributed by atoms with van der Waals surface area (Å²) in [5.74, 6) is -0.0846. The van der Waals surface area contributed by atoms with Crippen LogP contribution in [0, 0.1) is 0 Å². The fourth-order valence-electron chi connectivity index (χ4n) is 3.52. The molecule has 8 heteroatoms. The second kappa shape index (κ2) is 7.25. The number of pyridine rings is 1. The van der Waals surface area contributed by atoms with E-state index in [1.165, 1.54) is 17.3 Å². The molecule has 0 radical (unpaired) electrons. The van der Waals surface area contributed by atoms with E-state index >= 15 is 0 Å². The first-order chi connectivity index (χ1) is 13.4. The van der Waals surface area contributed by atoms with Crippen LogP contribution in [0.15, 0.2) is 39.8 Å². The number of hydrogen-bond donors (Lipinski definition) is 1. The number of amides is 2. The number of benzene rings is 1.